The summed E-state index contributed by atoms with van der Waals surface area (Å²) in [4.78, 5) is 12.3. The number of benzene rings is 2. The zero-order valence-corrected chi connectivity index (χ0v) is 15.3. The molecule has 0 aliphatic rings. The smallest absolute Gasteiger partial charge is 0.308 e. The Morgan fingerprint density at radius 3 is 2.26 bits per heavy atom. The number of alkyl halides is 3. The van der Waals surface area contributed by atoms with Gasteiger partial charge in [-0.3, -0.25) is 9.48 Å². The highest BCUT2D eigenvalue weighted by Crippen LogP contribution is 2.30. The lowest BCUT2D eigenvalue weighted by Crippen LogP contribution is -2.27. The molecule has 3 rings (SSSR count). The Balaban J connectivity index is 1.92. The van der Waals surface area contributed by atoms with Gasteiger partial charge in [0.25, 0.3) is 0 Å². The minimum Gasteiger partial charge on any atom is -0.308 e. The molecule has 0 saturated heterocycles. The molecule has 0 spiro atoms. The molecule has 0 unspecified atom stereocenters. The third-order valence-electron chi connectivity index (χ3n) is 4.18. The first-order chi connectivity index (χ1) is 12.6. The normalized spacial score (nSPS) is 12.4. The number of carbonyl (C=O) groups is 1. The van der Waals surface area contributed by atoms with Crippen molar-refractivity contribution in [2.75, 3.05) is 5.32 Å². The average molecular weight is 375 g/mol. The second kappa shape index (κ2) is 6.72. The number of rotatable bonds is 3. The number of nitrogens with zero attached hydrogens (tertiary/aromatic N) is 2. The van der Waals surface area contributed by atoms with E-state index in [1.165, 1.54) is 12.1 Å². The summed E-state index contributed by atoms with van der Waals surface area (Å²) >= 11 is 0. The summed E-state index contributed by atoms with van der Waals surface area (Å²) in [6.45, 7) is 5.72. The third-order valence-corrected chi connectivity index (χ3v) is 4.18. The zero-order valence-electron chi connectivity index (χ0n) is 15.3. The van der Waals surface area contributed by atoms with E-state index in [9.17, 15) is 18.0 Å². The van der Waals surface area contributed by atoms with Gasteiger partial charge in [0.15, 0.2) is 5.82 Å². The number of fused-ring (bicyclic) bond motifs is 1. The standard InChI is InChI=1S/C20H20F3N3O/c1-19(2,3)18(27)24-17-15-6-4-5-7-16(15)26(25-17)12-13-8-10-14(11-9-13)20(21,22)23/h4-11H,12H2,1-3H3,(H,24,25,27). The molecule has 2 aromatic carbocycles. The van der Waals surface area contributed by atoms with Crippen molar-refractivity contribution in [2.24, 2.45) is 5.41 Å². The molecule has 0 aliphatic heterocycles. The maximum atomic E-state index is 12.7. The highest BCUT2D eigenvalue weighted by Gasteiger charge is 2.30. The summed E-state index contributed by atoms with van der Waals surface area (Å²) < 4.78 is 39.8. The minimum absolute atomic E-state index is 0.160. The molecule has 1 heterocycles. The third kappa shape index (κ3) is 4.13. The summed E-state index contributed by atoms with van der Waals surface area (Å²) in [6.07, 6.45) is -4.36. The fourth-order valence-corrected chi connectivity index (χ4v) is 2.61. The van der Waals surface area contributed by atoms with Crippen molar-refractivity contribution in [3.05, 3.63) is 59.7 Å². The molecule has 0 fully saturated rings. The Bertz CT molecular complexity index is 967. The van der Waals surface area contributed by atoms with Crippen LogP contribution < -0.4 is 5.32 Å². The van der Waals surface area contributed by atoms with E-state index < -0.39 is 17.2 Å². The number of aromatic nitrogens is 2. The molecule has 142 valence electrons. The van der Waals surface area contributed by atoms with Gasteiger partial charge in [0.1, 0.15) is 0 Å². The van der Waals surface area contributed by atoms with Crippen LogP contribution in [0, 0.1) is 5.41 Å². The molecule has 0 atom stereocenters. The fourth-order valence-electron chi connectivity index (χ4n) is 2.61. The number of halogens is 3. The van der Waals surface area contributed by atoms with Crippen molar-refractivity contribution in [1.82, 2.24) is 9.78 Å². The number of nitrogens with one attached hydrogen (secondary N) is 1. The Labute approximate surface area is 155 Å². The van der Waals surface area contributed by atoms with Gasteiger partial charge < -0.3 is 5.32 Å². The van der Waals surface area contributed by atoms with Crippen molar-refractivity contribution >= 4 is 22.6 Å². The van der Waals surface area contributed by atoms with Gasteiger partial charge in [-0.05, 0) is 29.8 Å². The van der Waals surface area contributed by atoms with Gasteiger partial charge in [-0.1, -0.05) is 45.0 Å². The molecule has 1 N–H and O–H groups in total. The fraction of sp³-hybridized carbons (Fsp3) is 0.300. The Hall–Kier alpha value is -2.83. The van der Waals surface area contributed by atoms with Crippen LogP contribution in [0.2, 0.25) is 0 Å². The first-order valence-corrected chi connectivity index (χ1v) is 8.49. The highest BCUT2D eigenvalue weighted by molar-refractivity contribution is 6.01. The van der Waals surface area contributed by atoms with Crippen LogP contribution in [0.4, 0.5) is 19.0 Å². The molecule has 0 bridgehead atoms. The van der Waals surface area contributed by atoms with Crippen LogP contribution in [0.5, 0.6) is 0 Å². The van der Waals surface area contributed by atoms with Crippen LogP contribution in [0.1, 0.15) is 31.9 Å². The molecule has 1 amide bonds. The van der Waals surface area contributed by atoms with Crippen molar-refractivity contribution in [1.29, 1.82) is 0 Å². The first kappa shape index (κ1) is 18.9. The van der Waals surface area contributed by atoms with Crippen LogP contribution in [-0.4, -0.2) is 15.7 Å². The average Bonchev–Trinajstić information content (AvgIpc) is 2.92. The lowest BCUT2D eigenvalue weighted by molar-refractivity contribution is -0.137. The Morgan fingerprint density at radius 1 is 1.04 bits per heavy atom. The van der Waals surface area contributed by atoms with Gasteiger partial charge in [-0.2, -0.15) is 18.3 Å². The SMILES string of the molecule is CC(C)(C)C(=O)Nc1nn(Cc2ccc(C(F)(F)F)cc2)c2ccccc12. The van der Waals surface area contributed by atoms with Crippen molar-refractivity contribution in [3.63, 3.8) is 0 Å². The number of para-hydroxylation sites is 1. The first-order valence-electron chi connectivity index (χ1n) is 8.49. The maximum absolute atomic E-state index is 12.7. The lowest BCUT2D eigenvalue weighted by atomic mass is 9.96. The molecule has 3 aromatic rings. The molecule has 0 radical (unpaired) electrons. The van der Waals surface area contributed by atoms with E-state index in [1.807, 2.05) is 45.0 Å². The topological polar surface area (TPSA) is 46.9 Å². The number of hydrogen-bond acceptors (Lipinski definition) is 2. The molecule has 27 heavy (non-hydrogen) atoms. The predicted molar refractivity (Wildman–Crippen MR) is 98.4 cm³/mol. The van der Waals surface area contributed by atoms with E-state index in [-0.39, 0.29) is 5.91 Å². The van der Waals surface area contributed by atoms with E-state index in [4.69, 9.17) is 0 Å². The largest absolute Gasteiger partial charge is 0.416 e. The van der Waals surface area contributed by atoms with Gasteiger partial charge >= 0.3 is 6.18 Å². The van der Waals surface area contributed by atoms with Crippen molar-refractivity contribution in [3.8, 4) is 0 Å². The molecular weight excluding hydrogens is 355 g/mol. The monoisotopic (exact) mass is 375 g/mol. The van der Waals surface area contributed by atoms with Gasteiger partial charge in [-0.25, -0.2) is 0 Å². The number of carbonyl (C=O) groups excluding carboxylic acids is 1. The van der Waals surface area contributed by atoms with Gasteiger partial charge in [0, 0.05) is 10.8 Å². The Morgan fingerprint density at radius 2 is 1.67 bits per heavy atom. The molecule has 0 saturated carbocycles. The summed E-state index contributed by atoms with van der Waals surface area (Å²) in [5.41, 5.74) is 0.222. The van der Waals surface area contributed by atoms with Crippen molar-refractivity contribution < 1.29 is 18.0 Å². The number of amides is 1. The van der Waals surface area contributed by atoms with E-state index in [0.29, 0.717) is 17.9 Å². The second-order valence-corrected chi connectivity index (χ2v) is 7.42. The van der Waals surface area contributed by atoms with E-state index in [1.54, 1.807) is 4.68 Å². The number of anilines is 1. The van der Waals surface area contributed by atoms with E-state index >= 15 is 0 Å². The van der Waals surface area contributed by atoms with Gasteiger partial charge in [0.05, 0.1) is 17.6 Å². The molecular formula is C20H20F3N3O. The minimum atomic E-state index is -4.36. The summed E-state index contributed by atoms with van der Waals surface area (Å²) in [5.74, 6) is 0.282. The zero-order chi connectivity index (χ0) is 19.8. The molecule has 7 heteroatoms. The van der Waals surface area contributed by atoms with Crippen LogP contribution in [0.15, 0.2) is 48.5 Å². The van der Waals surface area contributed by atoms with Gasteiger partial charge in [-0.15, -0.1) is 0 Å². The van der Waals surface area contributed by atoms with Crippen LogP contribution in [-0.2, 0) is 17.5 Å². The van der Waals surface area contributed by atoms with E-state index in [0.717, 1.165) is 23.0 Å². The van der Waals surface area contributed by atoms with Crippen molar-refractivity contribution in [2.45, 2.75) is 33.5 Å². The lowest BCUT2D eigenvalue weighted by Gasteiger charge is -2.16. The highest BCUT2D eigenvalue weighted by atomic mass is 19.4. The van der Waals surface area contributed by atoms with Crippen LogP contribution in [0.25, 0.3) is 10.9 Å². The van der Waals surface area contributed by atoms with E-state index in [2.05, 4.69) is 10.4 Å². The van der Waals surface area contributed by atoms with Crippen LogP contribution in [0.3, 0.4) is 0 Å². The predicted octanol–water partition coefficient (Wildman–Crippen LogP) is 5.09. The summed E-state index contributed by atoms with van der Waals surface area (Å²) in [7, 11) is 0. The molecule has 0 aliphatic carbocycles. The molecule has 1 aromatic heterocycles. The maximum Gasteiger partial charge on any atom is 0.416 e. The quantitative estimate of drug-likeness (QED) is 0.693. The summed E-state index contributed by atoms with van der Waals surface area (Å²) in [6, 6.07) is 12.4. The molecule has 4 nitrogen and oxygen atoms in total. The Kier molecular flexibility index (Phi) is 4.71. The van der Waals surface area contributed by atoms with Gasteiger partial charge in [0.2, 0.25) is 5.91 Å². The summed E-state index contributed by atoms with van der Waals surface area (Å²) in [5, 5.41) is 8.09. The van der Waals surface area contributed by atoms with Crippen LogP contribution >= 0.6 is 0 Å². The second-order valence-electron chi connectivity index (χ2n) is 7.42. The number of hydrogen-bond donors (Lipinski definition) is 1.